The molecule has 374 valence electrons. The fourth-order valence-electron chi connectivity index (χ4n) is 12.0. The van der Waals surface area contributed by atoms with Crippen LogP contribution in [-0.4, -0.2) is 23.7 Å². The van der Waals surface area contributed by atoms with Crippen LogP contribution in [0.4, 0.5) is 0 Å². The molecule has 8 heteroatoms. The number of nitriles is 3. The molecule has 0 atom stereocenters. The molecule has 0 saturated heterocycles. The molecular formula is C73H42N8. The first kappa shape index (κ1) is 46.7. The first-order valence-electron chi connectivity index (χ1n) is 26.7. The lowest BCUT2D eigenvalue weighted by Gasteiger charge is -2.12. The van der Waals surface area contributed by atoms with Crippen molar-refractivity contribution in [3.63, 3.8) is 0 Å². The minimum Gasteiger partial charge on any atom is -0.309 e. The summed E-state index contributed by atoms with van der Waals surface area (Å²) in [5.41, 5.74) is 19.0. The van der Waals surface area contributed by atoms with Crippen molar-refractivity contribution in [2.45, 2.75) is 0 Å². The van der Waals surface area contributed by atoms with Gasteiger partial charge < -0.3 is 13.7 Å². The number of hydrogen-bond acceptors (Lipinski definition) is 5. The Labute approximate surface area is 465 Å². The monoisotopic (exact) mass is 1030 g/mol. The van der Waals surface area contributed by atoms with Gasteiger partial charge in [-0.05, 0) is 131 Å². The maximum atomic E-state index is 10.7. The van der Waals surface area contributed by atoms with E-state index < -0.39 is 0 Å². The summed E-state index contributed by atoms with van der Waals surface area (Å²) >= 11 is 0. The normalized spacial score (nSPS) is 11.4. The molecular weight excluding hydrogens is 989 g/mol. The van der Waals surface area contributed by atoms with E-state index >= 15 is 0 Å². The van der Waals surface area contributed by atoms with Crippen LogP contribution >= 0.6 is 0 Å². The molecule has 0 aliphatic carbocycles. The van der Waals surface area contributed by atoms with Gasteiger partial charge in [0.2, 0.25) is 0 Å². The van der Waals surface area contributed by atoms with Gasteiger partial charge in [-0.2, -0.15) is 15.8 Å². The van der Waals surface area contributed by atoms with E-state index in [0.717, 1.165) is 72.2 Å². The van der Waals surface area contributed by atoms with Gasteiger partial charge in [-0.25, -0.2) is 9.97 Å². The van der Waals surface area contributed by atoms with Gasteiger partial charge in [-0.3, -0.25) is 0 Å². The van der Waals surface area contributed by atoms with E-state index in [9.17, 15) is 15.8 Å². The van der Waals surface area contributed by atoms with E-state index in [1.54, 1.807) is 18.2 Å². The van der Waals surface area contributed by atoms with E-state index in [4.69, 9.17) is 9.97 Å². The number of hydrogen-bond donors (Lipinski definition) is 0. The van der Waals surface area contributed by atoms with Gasteiger partial charge in [0.15, 0.2) is 5.82 Å². The lowest BCUT2D eigenvalue weighted by molar-refractivity contribution is 1.16. The highest BCUT2D eigenvalue weighted by atomic mass is 15.0. The van der Waals surface area contributed by atoms with Crippen molar-refractivity contribution in [3.8, 4) is 91.4 Å². The molecule has 11 aromatic carbocycles. The van der Waals surface area contributed by atoms with Crippen molar-refractivity contribution in [2.75, 3.05) is 0 Å². The third-order valence-electron chi connectivity index (χ3n) is 15.8. The molecule has 0 bridgehead atoms. The van der Waals surface area contributed by atoms with Crippen LogP contribution in [0.3, 0.4) is 0 Å². The molecule has 4 heterocycles. The molecule has 15 rings (SSSR count). The topological polar surface area (TPSA) is 112 Å². The van der Waals surface area contributed by atoms with Crippen molar-refractivity contribution in [1.82, 2.24) is 23.7 Å². The summed E-state index contributed by atoms with van der Waals surface area (Å²) in [6, 6.07) is 94.5. The molecule has 0 N–H and O–H groups in total. The van der Waals surface area contributed by atoms with Crippen LogP contribution < -0.4 is 0 Å². The third-order valence-corrected chi connectivity index (χ3v) is 15.8. The summed E-state index contributed by atoms with van der Waals surface area (Å²) in [4.78, 5) is 9.87. The molecule has 15 aromatic rings. The maximum absolute atomic E-state index is 10.7. The zero-order valence-electron chi connectivity index (χ0n) is 43.3. The van der Waals surface area contributed by atoms with Crippen molar-refractivity contribution >= 4 is 65.4 Å². The summed E-state index contributed by atoms with van der Waals surface area (Å²) in [5.74, 6) is 0.464. The van der Waals surface area contributed by atoms with Gasteiger partial charge in [0.1, 0.15) is 0 Å². The van der Waals surface area contributed by atoms with E-state index in [1.807, 2.05) is 72.8 Å². The molecule has 0 radical (unpaired) electrons. The predicted octanol–water partition coefficient (Wildman–Crippen LogP) is 17.7. The highest BCUT2D eigenvalue weighted by molar-refractivity contribution is 6.14. The Morgan fingerprint density at radius 2 is 0.691 bits per heavy atom. The second-order valence-corrected chi connectivity index (χ2v) is 20.3. The zero-order valence-corrected chi connectivity index (χ0v) is 43.3. The second-order valence-electron chi connectivity index (χ2n) is 20.3. The van der Waals surface area contributed by atoms with Gasteiger partial charge >= 0.3 is 0 Å². The summed E-state index contributed by atoms with van der Waals surface area (Å²) in [5, 5.41) is 37.2. The van der Waals surface area contributed by atoms with Gasteiger partial charge in [-0.1, -0.05) is 146 Å². The molecule has 4 aromatic heterocycles. The summed E-state index contributed by atoms with van der Waals surface area (Å²) < 4.78 is 7.15. The van der Waals surface area contributed by atoms with Crippen molar-refractivity contribution < 1.29 is 0 Å². The second kappa shape index (κ2) is 18.8. The maximum Gasteiger partial charge on any atom is 0.160 e. The average molecular weight is 1030 g/mol. The quantitative estimate of drug-likeness (QED) is 0.150. The van der Waals surface area contributed by atoms with E-state index in [1.165, 1.54) is 43.6 Å². The SMILES string of the molecule is N#Cc1cccc(-c2cc(-c3ccc(-c4ccc(-c5ccc(-n6c7ccc(-n8c9ccccc9c9ccccc98)cc7c7cc(-n8c9ccccc9c9ccccc98)ccc76)cc5)cc4C#N)cc3)nc(-c3cccc(C#N)c3)n2)c1. The van der Waals surface area contributed by atoms with Crippen LogP contribution in [-0.2, 0) is 0 Å². The van der Waals surface area contributed by atoms with Gasteiger partial charge in [0, 0.05) is 66.1 Å². The van der Waals surface area contributed by atoms with Crippen LogP contribution in [0, 0.1) is 34.0 Å². The van der Waals surface area contributed by atoms with Crippen LogP contribution in [0.2, 0.25) is 0 Å². The number of fused-ring (bicyclic) bond motifs is 9. The van der Waals surface area contributed by atoms with Gasteiger partial charge in [0.05, 0.1) is 79.4 Å². The van der Waals surface area contributed by atoms with Crippen LogP contribution in [0.5, 0.6) is 0 Å². The molecule has 0 amide bonds. The Balaban J connectivity index is 0.799. The smallest absolute Gasteiger partial charge is 0.160 e. The standard InChI is InChI=1S/C73H42N8/c74-43-46-11-9-13-52(37-46)66-42-65(77-73(78-66)53-14-10-12-47(38-53)44-75)50-25-23-49(24-26-50)58-34-29-51(39-54(58)45-76)48-27-30-55(31-28-48)79-71-35-32-56(80-67-19-5-1-15-59(67)60-16-2-6-20-68(60)80)40-63(71)64-41-57(33-36-72(64)79)81-69-21-7-3-17-61(69)62-18-4-8-22-70(62)81/h1-42H. The van der Waals surface area contributed by atoms with Crippen LogP contribution in [0.25, 0.3) is 139 Å². The summed E-state index contributed by atoms with van der Waals surface area (Å²) in [6.45, 7) is 0. The Bertz CT molecular complexity index is 4860. The highest BCUT2D eigenvalue weighted by Gasteiger charge is 2.20. The van der Waals surface area contributed by atoms with E-state index in [0.29, 0.717) is 39.5 Å². The van der Waals surface area contributed by atoms with Crippen LogP contribution in [0.15, 0.2) is 255 Å². The van der Waals surface area contributed by atoms with E-state index in [-0.39, 0.29) is 0 Å². The number of para-hydroxylation sites is 4. The fraction of sp³-hybridized carbons (Fsp3) is 0. The zero-order chi connectivity index (χ0) is 54.1. The Hall–Kier alpha value is -11.6. The average Bonchev–Trinajstić information content (AvgIpc) is 4.40. The molecule has 0 unspecified atom stereocenters. The molecule has 8 nitrogen and oxygen atoms in total. The fourth-order valence-corrected chi connectivity index (χ4v) is 12.0. The molecule has 0 fully saturated rings. The number of nitrogens with zero attached hydrogens (tertiary/aromatic N) is 8. The number of rotatable bonds is 8. The number of benzene rings is 11. The van der Waals surface area contributed by atoms with Crippen molar-refractivity contribution in [1.29, 1.82) is 15.8 Å². The lowest BCUT2D eigenvalue weighted by atomic mass is 9.94. The van der Waals surface area contributed by atoms with Crippen molar-refractivity contribution in [3.05, 3.63) is 271 Å². The Kier molecular flexibility index (Phi) is 10.8. The number of aromatic nitrogens is 5. The first-order valence-corrected chi connectivity index (χ1v) is 26.7. The largest absolute Gasteiger partial charge is 0.309 e. The molecule has 81 heavy (non-hydrogen) atoms. The van der Waals surface area contributed by atoms with Gasteiger partial charge in [0.25, 0.3) is 0 Å². The van der Waals surface area contributed by atoms with Crippen molar-refractivity contribution in [2.24, 2.45) is 0 Å². The van der Waals surface area contributed by atoms with Gasteiger partial charge in [-0.15, -0.1) is 0 Å². The third kappa shape index (κ3) is 7.73. The highest BCUT2D eigenvalue weighted by Crippen LogP contribution is 2.41. The molecule has 0 saturated carbocycles. The summed E-state index contributed by atoms with van der Waals surface area (Å²) in [6.07, 6.45) is 0. The molecule has 0 aliphatic rings. The predicted molar refractivity (Wildman–Crippen MR) is 326 cm³/mol. The van der Waals surface area contributed by atoms with E-state index in [2.05, 4.69) is 196 Å². The Morgan fingerprint density at radius 3 is 1.21 bits per heavy atom. The lowest BCUT2D eigenvalue weighted by Crippen LogP contribution is -1.97. The molecule has 0 spiro atoms. The minimum absolute atomic E-state index is 0.464. The Morgan fingerprint density at radius 1 is 0.272 bits per heavy atom. The minimum atomic E-state index is 0.464. The molecule has 0 aliphatic heterocycles. The first-order chi connectivity index (χ1) is 40.0. The van der Waals surface area contributed by atoms with Crippen LogP contribution in [0.1, 0.15) is 16.7 Å². The summed E-state index contributed by atoms with van der Waals surface area (Å²) in [7, 11) is 0.